The molecule has 1 aromatic carbocycles. The lowest BCUT2D eigenvalue weighted by atomic mass is 10.3. The molecule has 1 aromatic rings. The highest BCUT2D eigenvalue weighted by molar-refractivity contribution is 7.92. The van der Waals surface area contributed by atoms with Crippen molar-refractivity contribution in [2.75, 3.05) is 17.6 Å². The maximum atomic E-state index is 13.3. The third kappa shape index (κ3) is 4.21. The monoisotopic (exact) mass is 277 g/mol. The van der Waals surface area contributed by atoms with Crippen molar-refractivity contribution >= 4 is 21.7 Å². The van der Waals surface area contributed by atoms with E-state index in [1.807, 2.05) is 0 Å². The molecular weight excluding hydrogens is 265 g/mol. The van der Waals surface area contributed by atoms with Crippen LogP contribution in [0.25, 0.3) is 0 Å². The predicted molar refractivity (Wildman–Crippen MR) is 62.6 cm³/mol. The average molecular weight is 277 g/mol. The van der Waals surface area contributed by atoms with Crippen LogP contribution >= 0.6 is 0 Å². The van der Waals surface area contributed by atoms with Gasteiger partial charge in [0.05, 0.1) is 25.0 Å². The molecule has 2 N–H and O–H groups in total. The van der Waals surface area contributed by atoms with E-state index >= 15 is 0 Å². The minimum atomic E-state index is -3.80. The lowest BCUT2D eigenvalue weighted by Crippen LogP contribution is -2.18. The van der Waals surface area contributed by atoms with Crippen LogP contribution in [-0.4, -0.2) is 32.4 Å². The number of ether oxygens (including phenoxy) is 1. The molecule has 0 aliphatic carbocycles. The smallest absolute Gasteiger partial charge is 0.304 e. The van der Waals surface area contributed by atoms with Crippen molar-refractivity contribution in [3.63, 3.8) is 0 Å². The van der Waals surface area contributed by atoms with E-state index in [9.17, 15) is 17.6 Å². The molecule has 1 rings (SSSR count). The first-order valence-electron chi connectivity index (χ1n) is 4.90. The third-order valence-electron chi connectivity index (χ3n) is 2.01. The van der Waals surface area contributed by atoms with Gasteiger partial charge >= 0.3 is 5.97 Å². The van der Waals surface area contributed by atoms with Crippen molar-refractivity contribution in [3.8, 4) is 5.75 Å². The molecule has 18 heavy (non-hydrogen) atoms. The first kappa shape index (κ1) is 14.2. The fourth-order valence-electron chi connectivity index (χ4n) is 1.18. The average Bonchev–Trinajstić information content (AvgIpc) is 2.26. The van der Waals surface area contributed by atoms with Gasteiger partial charge in [0.2, 0.25) is 10.0 Å². The van der Waals surface area contributed by atoms with Crippen LogP contribution in [0.3, 0.4) is 0 Å². The van der Waals surface area contributed by atoms with Gasteiger partial charge in [-0.3, -0.25) is 9.52 Å². The number of anilines is 1. The van der Waals surface area contributed by atoms with E-state index in [-0.39, 0.29) is 11.4 Å². The van der Waals surface area contributed by atoms with Crippen molar-refractivity contribution in [1.29, 1.82) is 0 Å². The Morgan fingerprint density at radius 1 is 1.50 bits per heavy atom. The number of hydrogen-bond donors (Lipinski definition) is 2. The van der Waals surface area contributed by atoms with Crippen molar-refractivity contribution in [3.05, 3.63) is 24.0 Å². The number of carbonyl (C=O) groups is 1. The predicted octanol–water partition coefficient (Wildman–Crippen LogP) is 1.05. The highest BCUT2D eigenvalue weighted by atomic mass is 32.2. The second-order valence-corrected chi connectivity index (χ2v) is 5.26. The Morgan fingerprint density at radius 3 is 2.67 bits per heavy atom. The zero-order valence-electron chi connectivity index (χ0n) is 9.51. The van der Waals surface area contributed by atoms with E-state index in [2.05, 4.69) is 9.46 Å². The highest BCUT2D eigenvalue weighted by Gasteiger charge is 2.14. The molecule has 0 aliphatic rings. The van der Waals surface area contributed by atoms with Gasteiger partial charge in [-0.15, -0.1) is 0 Å². The normalized spacial score (nSPS) is 11.0. The van der Waals surface area contributed by atoms with Gasteiger partial charge in [-0.1, -0.05) is 0 Å². The quantitative estimate of drug-likeness (QED) is 0.810. The molecule has 0 aliphatic heterocycles. The summed E-state index contributed by atoms with van der Waals surface area (Å²) in [7, 11) is -2.52. The van der Waals surface area contributed by atoms with Crippen molar-refractivity contribution in [2.45, 2.75) is 6.42 Å². The van der Waals surface area contributed by atoms with Crippen molar-refractivity contribution in [1.82, 2.24) is 0 Å². The molecule has 0 spiro atoms. The number of rotatable bonds is 6. The van der Waals surface area contributed by atoms with Crippen LogP contribution in [-0.2, 0) is 14.8 Å². The highest BCUT2D eigenvalue weighted by Crippen LogP contribution is 2.21. The topological polar surface area (TPSA) is 92.7 Å². The Balaban J connectivity index is 2.78. The second kappa shape index (κ2) is 5.67. The largest absolute Gasteiger partial charge is 0.494 e. The molecule has 0 bridgehead atoms. The van der Waals surface area contributed by atoms with Crippen LogP contribution in [0, 0.1) is 5.82 Å². The third-order valence-corrected chi connectivity index (χ3v) is 3.30. The van der Waals surface area contributed by atoms with E-state index < -0.39 is 34.0 Å². The molecule has 0 atom stereocenters. The van der Waals surface area contributed by atoms with Gasteiger partial charge < -0.3 is 9.84 Å². The number of nitrogens with one attached hydrogen (secondary N) is 1. The van der Waals surface area contributed by atoms with Gasteiger partial charge in [0.25, 0.3) is 0 Å². The van der Waals surface area contributed by atoms with Crippen LogP contribution < -0.4 is 9.46 Å². The molecule has 0 aromatic heterocycles. The summed E-state index contributed by atoms with van der Waals surface area (Å²) in [5, 5.41) is 8.39. The summed E-state index contributed by atoms with van der Waals surface area (Å²) < 4.78 is 42.9. The number of halogens is 1. The van der Waals surface area contributed by atoms with Crippen LogP contribution in [0.1, 0.15) is 6.42 Å². The van der Waals surface area contributed by atoms with Crippen LogP contribution in [0.2, 0.25) is 0 Å². The summed E-state index contributed by atoms with van der Waals surface area (Å²) in [4.78, 5) is 10.3. The van der Waals surface area contributed by atoms with E-state index in [4.69, 9.17) is 5.11 Å². The molecular formula is C10H12FNO5S. The number of methoxy groups -OCH3 is 1. The van der Waals surface area contributed by atoms with Gasteiger partial charge in [-0.25, -0.2) is 12.8 Å². The van der Waals surface area contributed by atoms with Gasteiger partial charge in [-0.2, -0.15) is 0 Å². The van der Waals surface area contributed by atoms with E-state index in [1.54, 1.807) is 0 Å². The van der Waals surface area contributed by atoms with Crippen molar-refractivity contribution < 1.29 is 27.4 Å². The summed E-state index contributed by atoms with van der Waals surface area (Å²) in [6.45, 7) is 0. The maximum Gasteiger partial charge on any atom is 0.304 e. The summed E-state index contributed by atoms with van der Waals surface area (Å²) in [6.07, 6.45) is -0.520. The first-order chi connectivity index (χ1) is 8.34. The van der Waals surface area contributed by atoms with E-state index in [0.717, 1.165) is 6.07 Å². The molecule has 0 saturated heterocycles. The molecule has 100 valence electrons. The Hall–Kier alpha value is -1.83. The molecule has 8 heteroatoms. The molecule has 0 radical (unpaired) electrons. The van der Waals surface area contributed by atoms with Crippen LogP contribution in [0.5, 0.6) is 5.75 Å². The van der Waals surface area contributed by atoms with Crippen molar-refractivity contribution in [2.24, 2.45) is 0 Å². The molecule has 0 unspecified atom stereocenters. The van der Waals surface area contributed by atoms with E-state index in [1.165, 1.54) is 19.2 Å². The fraction of sp³-hybridized carbons (Fsp3) is 0.300. The number of aliphatic carboxylic acids is 1. The van der Waals surface area contributed by atoms with Crippen LogP contribution in [0.4, 0.5) is 10.1 Å². The Kier molecular flexibility index (Phi) is 4.49. The lowest BCUT2D eigenvalue weighted by Gasteiger charge is -2.08. The molecule has 0 saturated carbocycles. The molecule has 0 amide bonds. The number of benzene rings is 1. The molecule has 0 heterocycles. The minimum absolute atomic E-state index is 0.0107. The fourth-order valence-corrected chi connectivity index (χ4v) is 2.21. The standard InChI is InChI=1S/C10H12FNO5S/c1-17-9-3-2-7(6-8(9)11)12-18(15,16)5-4-10(13)14/h2-3,6,12H,4-5H2,1H3,(H,13,14). The van der Waals surface area contributed by atoms with Gasteiger partial charge in [0.1, 0.15) is 0 Å². The lowest BCUT2D eigenvalue weighted by molar-refractivity contribution is -0.136. The Morgan fingerprint density at radius 2 is 2.17 bits per heavy atom. The number of carboxylic acid groups (broad SMARTS) is 1. The number of hydrogen-bond acceptors (Lipinski definition) is 4. The molecule has 0 fully saturated rings. The zero-order chi connectivity index (χ0) is 13.8. The second-order valence-electron chi connectivity index (χ2n) is 3.41. The summed E-state index contributed by atoms with van der Waals surface area (Å²) in [5.41, 5.74) is 0.0127. The Labute approximate surface area is 103 Å². The molecule has 6 nitrogen and oxygen atoms in total. The van der Waals surface area contributed by atoms with E-state index in [0.29, 0.717) is 0 Å². The van der Waals surface area contributed by atoms with Crippen LogP contribution in [0.15, 0.2) is 18.2 Å². The summed E-state index contributed by atoms with van der Waals surface area (Å²) >= 11 is 0. The number of sulfonamides is 1. The van der Waals surface area contributed by atoms with Gasteiger partial charge in [0.15, 0.2) is 11.6 Å². The number of carboxylic acids is 1. The minimum Gasteiger partial charge on any atom is -0.494 e. The summed E-state index contributed by atoms with van der Waals surface area (Å²) in [5.74, 6) is -2.52. The van der Waals surface area contributed by atoms with Gasteiger partial charge in [0, 0.05) is 6.07 Å². The summed E-state index contributed by atoms with van der Waals surface area (Å²) in [6, 6.07) is 3.54. The van der Waals surface area contributed by atoms with Gasteiger partial charge in [-0.05, 0) is 12.1 Å². The maximum absolute atomic E-state index is 13.3. The Bertz CT molecular complexity index is 543. The zero-order valence-corrected chi connectivity index (χ0v) is 10.3. The SMILES string of the molecule is COc1ccc(NS(=O)(=O)CCC(=O)O)cc1F. The first-order valence-corrected chi connectivity index (χ1v) is 6.55.